The Morgan fingerprint density at radius 2 is 1.59 bits per heavy atom. The zero-order chi connectivity index (χ0) is 27.9. The summed E-state index contributed by atoms with van der Waals surface area (Å²) in [5.41, 5.74) is 6.57. The molecular formula is C33H33BrN2O3. The van der Waals surface area contributed by atoms with Crippen LogP contribution in [-0.2, 0) is 11.3 Å². The van der Waals surface area contributed by atoms with Gasteiger partial charge in [-0.2, -0.15) is 0 Å². The third-order valence-electron chi connectivity index (χ3n) is 6.78. The highest BCUT2D eigenvalue weighted by Crippen LogP contribution is 2.27. The number of hydrogen-bond donors (Lipinski definition) is 1. The summed E-state index contributed by atoms with van der Waals surface area (Å²) in [6, 6.07) is 23.2. The van der Waals surface area contributed by atoms with E-state index >= 15 is 0 Å². The van der Waals surface area contributed by atoms with E-state index in [-0.39, 0.29) is 17.9 Å². The molecule has 39 heavy (non-hydrogen) atoms. The van der Waals surface area contributed by atoms with Crippen LogP contribution in [-0.4, -0.2) is 23.1 Å². The van der Waals surface area contributed by atoms with Crippen molar-refractivity contribution in [3.05, 3.63) is 123 Å². The van der Waals surface area contributed by atoms with Crippen LogP contribution < -0.4 is 5.32 Å². The SMILES string of the molecule is C/C=C(\C(=C/C)Cn1ccc2cc(C(=O)N[C@@H](C)c3ccc(Br)cc3)ccc21)c1ccc(C(=O)OCC)cc1. The maximum atomic E-state index is 13.0. The molecule has 1 N–H and O–H groups in total. The first-order valence-corrected chi connectivity index (χ1v) is 13.9. The number of halogens is 1. The first-order chi connectivity index (χ1) is 18.8. The van der Waals surface area contributed by atoms with Gasteiger partial charge in [0.2, 0.25) is 0 Å². The monoisotopic (exact) mass is 584 g/mol. The zero-order valence-electron chi connectivity index (χ0n) is 22.7. The van der Waals surface area contributed by atoms with Gasteiger partial charge in [0.05, 0.1) is 18.2 Å². The molecule has 1 heterocycles. The van der Waals surface area contributed by atoms with E-state index in [0.29, 0.717) is 24.3 Å². The molecule has 0 aliphatic heterocycles. The van der Waals surface area contributed by atoms with E-state index in [0.717, 1.165) is 37.6 Å². The van der Waals surface area contributed by atoms with Crippen LogP contribution in [0.2, 0.25) is 0 Å². The number of allylic oxidation sites excluding steroid dienone is 4. The van der Waals surface area contributed by atoms with Crippen LogP contribution in [0.25, 0.3) is 16.5 Å². The van der Waals surface area contributed by atoms with Crippen molar-refractivity contribution in [2.75, 3.05) is 6.61 Å². The van der Waals surface area contributed by atoms with Gasteiger partial charge in [0.1, 0.15) is 0 Å². The quantitative estimate of drug-likeness (QED) is 0.159. The topological polar surface area (TPSA) is 60.3 Å². The van der Waals surface area contributed by atoms with Gasteiger partial charge < -0.3 is 14.6 Å². The number of esters is 1. The van der Waals surface area contributed by atoms with Crippen molar-refractivity contribution in [3.63, 3.8) is 0 Å². The van der Waals surface area contributed by atoms with Crippen LogP contribution in [0.1, 0.15) is 65.6 Å². The third-order valence-corrected chi connectivity index (χ3v) is 7.31. The standard InChI is InChI=1S/C33H33BrN2O3/c1-5-23(30(6-2)25-8-10-26(11-9-25)33(38)39-7-3)21-36-19-18-27-20-28(14-17-31(27)36)32(37)35-22(4)24-12-15-29(34)16-13-24/h5-6,8-20,22H,7,21H2,1-4H3,(H,35,37)/b23-5-,30-6+/t22-/m0/s1. The lowest BCUT2D eigenvalue weighted by Gasteiger charge is -2.16. The van der Waals surface area contributed by atoms with Gasteiger partial charge in [0.15, 0.2) is 0 Å². The molecule has 0 aliphatic rings. The molecule has 0 saturated carbocycles. The van der Waals surface area contributed by atoms with E-state index in [4.69, 9.17) is 4.74 Å². The Morgan fingerprint density at radius 1 is 0.923 bits per heavy atom. The summed E-state index contributed by atoms with van der Waals surface area (Å²) >= 11 is 3.45. The first-order valence-electron chi connectivity index (χ1n) is 13.1. The molecule has 0 bridgehead atoms. The average molecular weight is 586 g/mol. The van der Waals surface area contributed by atoms with E-state index in [1.54, 1.807) is 19.1 Å². The predicted octanol–water partition coefficient (Wildman–Crippen LogP) is 8.12. The molecule has 0 aliphatic carbocycles. The molecule has 4 aromatic rings. The fourth-order valence-corrected chi connectivity index (χ4v) is 4.91. The van der Waals surface area contributed by atoms with Gasteiger partial charge in [-0.3, -0.25) is 4.79 Å². The Kier molecular flexibility index (Phi) is 9.20. The Labute approximate surface area is 238 Å². The number of nitrogens with zero attached hydrogens (tertiary/aromatic N) is 1. The van der Waals surface area contributed by atoms with Crippen LogP contribution >= 0.6 is 15.9 Å². The Hall–Kier alpha value is -3.90. The maximum absolute atomic E-state index is 13.0. The lowest BCUT2D eigenvalue weighted by Crippen LogP contribution is -2.26. The van der Waals surface area contributed by atoms with Gasteiger partial charge in [0, 0.05) is 33.7 Å². The second kappa shape index (κ2) is 12.8. The lowest BCUT2D eigenvalue weighted by atomic mass is 9.96. The molecule has 0 radical (unpaired) electrons. The molecule has 1 amide bonds. The Bertz CT molecular complexity index is 1530. The molecule has 1 atom stereocenters. The van der Waals surface area contributed by atoms with Crippen molar-refractivity contribution in [1.82, 2.24) is 9.88 Å². The molecule has 5 nitrogen and oxygen atoms in total. The fourth-order valence-electron chi connectivity index (χ4n) is 4.65. The number of carbonyl (C=O) groups excluding carboxylic acids is 2. The first kappa shape index (κ1) is 28.1. The van der Waals surface area contributed by atoms with Crippen molar-refractivity contribution in [2.24, 2.45) is 0 Å². The number of amides is 1. The predicted molar refractivity (Wildman–Crippen MR) is 162 cm³/mol. The van der Waals surface area contributed by atoms with E-state index < -0.39 is 0 Å². The molecule has 6 heteroatoms. The number of aromatic nitrogens is 1. The van der Waals surface area contributed by atoms with Crippen LogP contribution in [0.3, 0.4) is 0 Å². The normalized spacial score (nSPS) is 12.8. The van der Waals surface area contributed by atoms with Crippen molar-refractivity contribution in [3.8, 4) is 0 Å². The number of carbonyl (C=O) groups is 2. The lowest BCUT2D eigenvalue weighted by molar-refractivity contribution is 0.0526. The number of fused-ring (bicyclic) bond motifs is 1. The van der Waals surface area contributed by atoms with Gasteiger partial charge in [-0.15, -0.1) is 0 Å². The van der Waals surface area contributed by atoms with Gasteiger partial charge >= 0.3 is 5.97 Å². The number of rotatable bonds is 9. The fraction of sp³-hybridized carbons (Fsp3) is 0.212. The maximum Gasteiger partial charge on any atom is 0.338 e. The van der Waals surface area contributed by atoms with E-state index in [1.165, 1.54) is 0 Å². The number of benzene rings is 3. The highest BCUT2D eigenvalue weighted by Gasteiger charge is 2.15. The van der Waals surface area contributed by atoms with E-state index in [9.17, 15) is 9.59 Å². The van der Waals surface area contributed by atoms with Crippen molar-refractivity contribution >= 4 is 44.3 Å². The Balaban J connectivity index is 1.50. The molecule has 0 spiro atoms. The summed E-state index contributed by atoms with van der Waals surface area (Å²) in [6.45, 7) is 8.86. The van der Waals surface area contributed by atoms with Crippen LogP contribution in [0, 0.1) is 0 Å². The second-order valence-electron chi connectivity index (χ2n) is 9.28. The minimum absolute atomic E-state index is 0.100. The van der Waals surface area contributed by atoms with Crippen molar-refractivity contribution < 1.29 is 14.3 Å². The number of nitrogens with one attached hydrogen (secondary N) is 1. The van der Waals surface area contributed by atoms with Crippen molar-refractivity contribution in [1.29, 1.82) is 0 Å². The number of hydrogen-bond acceptors (Lipinski definition) is 3. The average Bonchev–Trinajstić information content (AvgIpc) is 3.35. The Morgan fingerprint density at radius 3 is 2.23 bits per heavy atom. The summed E-state index contributed by atoms with van der Waals surface area (Å²) in [5.74, 6) is -0.413. The second-order valence-corrected chi connectivity index (χ2v) is 10.2. The van der Waals surface area contributed by atoms with E-state index in [1.807, 2.05) is 81.4 Å². The van der Waals surface area contributed by atoms with Gasteiger partial charge in [-0.25, -0.2) is 4.79 Å². The van der Waals surface area contributed by atoms with Crippen LogP contribution in [0.4, 0.5) is 0 Å². The van der Waals surface area contributed by atoms with Crippen LogP contribution in [0.15, 0.2) is 101 Å². The molecule has 200 valence electrons. The van der Waals surface area contributed by atoms with Crippen molar-refractivity contribution in [2.45, 2.75) is 40.3 Å². The third kappa shape index (κ3) is 6.58. The summed E-state index contributed by atoms with van der Waals surface area (Å²) in [5, 5.41) is 4.11. The van der Waals surface area contributed by atoms with Gasteiger partial charge in [-0.1, -0.05) is 52.3 Å². The summed E-state index contributed by atoms with van der Waals surface area (Å²) in [6.07, 6.45) is 6.26. The molecule has 0 fully saturated rings. The van der Waals surface area contributed by atoms with E-state index in [2.05, 4.69) is 44.2 Å². The molecule has 1 aromatic heterocycles. The van der Waals surface area contributed by atoms with Gasteiger partial charge in [-0.05, 0) is 98.5 Å². The highest BCUT2D eigenvalue weighted by atomic mass is 79.9. The number of ether oxygens (including phenoxy) is 1. The van der Waals surface area contributed by atoms with Gasteiger partial charge in [0.25, 0.3) is 5.91 Å². The zero-order valence-corrected chi connectivity index (χ0v) is 24.3. The highest BCUT2D eigenvalue weighted by molar-refractivity contribution is 9.10. The molecule has 4 rings (SSSR count). The molecule has 0 saturated heterocycles. The minimum atomic E-state index is -0.313. The molecular weight excluding hydrogens is 552 g/mol. The largest absolute Gasteiger partial charge is 0.462 e. The summed E-state index contributed by atoms with van der Waals surface area (Å²) in [7, 11) is 0. The smallest absolute Gasteiger partial charge is 0.338 e. The van der Waals surface area contributed by atoms with Crippen LogP contribution in [0.5, 0.6) is 0 Å². The minimum Gasteiger partial charge on any atom is -0.462 e. The molecule has 3 aromatic carbocycles. The molecule has 0 unspecified atom stereocenters. The summed E-state index contributed by atoms with van der Waals surface area (Å²) in [4.78, 5) is 25.0. The summed E-state index contributed by atoms with van der Waals surface area (Å²) < 4.78 is 8.30.